The fourth-order valence-electron chi connectivity index (χ4n) is 1.76. The molecular weight excluding hydrogens is 264 g/mol. The Morgan fingerprint density at radius 2 is 2.11 bits per heavy atom. The number of aromatic nitrogens is 4. The molecule has 2 heterocycles. The summed E-state index contributed by atoms with van der Waals surface area (Å²) < 4.78 is 10.6. The summed E-state index contributed by atoms with van der Waals surface area (Å²) in [6, 6.07) is 0. The molecule has 0 aliphatic heterocycles. The third kappa shape index (κ3) is 2.37. The van der Waals surface area contributed by atoms with Crippen molar-refractivity contribution in [2.45, 2.75) is 26.2 Å². The molecule has 102 valence electrons. The second kappa shape index (κ2) is 4.73. The number of rotatable bonds is 3. The molecule has 0 fully saturated rings. The van der Waals surface area contributed by atoms with Gasteiger partial charge in [0.25, 0.3) is 0 Å². The Kier molecular flexibility index (Phi) is 3.40. The van der Waals surface area contributed by atoms with Crippen molar-refractivity contribution in [2.75, 3.05) is 7.11 Å². The summed E-state index contributed by atoms with van der Waals surface area (Å²) in [5, 5.41) is 8.13. The van der Waals surface area contributed by atoms with E-state index in [0.717, 1.165) is 11.5 Å². The standard InChI is InChI=1S/C12H16N4O2S/c1-12(2,3)11-10(19-15-14-11)9(17)8-7(18-5)6-13-16(8)4/h6H,1-5H3. The highest BCUT2D eigenvalue weighted by molar-refractivity contribution is 7.08. The van der Waals surface area contributed by atoms with Crippen LogP contribution in [0.4, 0.5) is 0 Å². The van der Waals surface area contributed by atoms with Gasteiger partial charge >= 0.3 is 0 Å². The Bertz CT molecular complexity index is 610. The molecule has 0 saturated carbocycles. The van der Waals surface area contributed by atoms with Crippen LogP contribution >= 0.6 is 11.5 Å². The van der Waals surface area contributed by atoms with Crippen molar-refractivity contribution >= 4 is 17.3 Å². The van der Waals surface area contributed by atoms with E-state index in [-0.39, 0.29) is 11.2 Å². The van der Waals surface area contributed by atoms with Crippen molar-refractivity contribution < 1.29 is 9.53 Å². The van der Waals surface area contributed by atoms with Crippen LogP contribution in [0.5, 0.6) is 5.75 Å². The molecule has 0 N–H and O–H groups in total. The van der Waals surface area contributed by atoms with Gasteiger partial charge in [-0.25, -0.2) is 0 Å². The molecule has 7 heteroatoms. The Labute approximate surface area is 115 Å². The van der Waals surface area contributed by atoms with Gasteiger partial charge in [0, 0.05) is 12.5 Å². The summed E-state index contributed by atoms with van der Waals surface area (Å²) in [4.78, 5) is 13.2. The third-order valence-corrected chi connectivity index (χ3v) is 3.47. The van der Waals surface area contributed by atoms with Crippen LogP contribution < -0.4 is 4.74 Å². The minimum absolute atomic E-state index is 0.156. The number of carbonyl (C=O) groups excluding carboxylic acids is 1. The zero-order chi connectivity index (χ0) is 14.2. The summed E-state index contributed by atoms with van der Waals surface area (Å²) in [7, 11) is 3.23. The Hall–Kier alpha value is -1.76. The molecule has 0 atom stereocenters. The van der Waals surface area contributed by atoms with Gasteiger partial charge in [-0.05, 0) is 11.5 Å². The van der Waals surface area contributed by atoms with Crippen molar-refractivity contribution in [3.05, 3.63) is 22.5 Å². The average Bonchev–Trinajstić information content (AvgIpc) is 2.93. The highest BCUT2D eigenvalue weighted by Crippen LogP contribution is 2.29. The lowest BCUT2D eigenvalue weighted by molar-refractivity contribution is 0.102. The lowest BCUT2D eigenvalue weighted by Crippen LogP contribution is -2.18. The van der Waals surface area contributed by atoms with Crippen molar-refractivity contribution in [2.24, 2.45) is 7.05 Å². The van der Waals surface area contributed by atoms with Crippen LogP contribution in [0, 0.1) is 0 Å². The van der Waals surface area contributed by atoms with Crippen LogP contribution in [0.2, 0.25) is 0 Å². The summed E-state index contributed by atoms with van der Waals surface area (Å²) in [5.74, 6) is 0.303. The SMILES string of the molecule is COc1cnn(C)c1C(=O)c1snnc1C(C)(C)C. The first-order valence-corrected chi connectivity index (χ1v) is 6.57. The van der Waals surface area contributed by atoms with E-state index in [1.165, 1.54) is 18.0 Å². The van der Waals surface area contributed by atoms with Gasteiger partial charge in [0.15, 0.2) is 11.4 Å². The van der Waals surface area contributed by atoms with Crippen LogP contribution in [0.1, 0.15) is 41.8 Å². The average molecular weight is 280 g/mol. The maximum absolute atomic E-state index is 12.6. The number of methoxy groups -OCH3 is 1. The van der Waals surface area contributed by atoms with Crippen molar-refractivity contribution in [1.29, 1.82) is 0 Å². The van der Waals surface area contributed by atoms with Gasteiger partial charge in [0.05, 0.1) is 19.0 Å². The topological polar surface area (TPSA) is 69.9 Å². The zero-order valence-corrected chi connectivity index (χ0v) is 12.4. The van der Waals surface area contributed by atoms with Crippen LogP contribution in [0.3, 0.4) is 0 Å². The first-order valence-electron chi connectivity index (χ1n) is 5.79. The zero-order valence-electron chi connectivity index (χ0n) is 11.6. The van der Waals surface area contributed by atoms with Crippen LogP contribution in [-0.2, 0) is 12.5 Å². The molecule has 19 heavy (non-hydrogen) atoms. The highest BCUT2D eigenvalue weighted by atomic mass is 32.1. The van der Waals surface area contributed by atoms with Gasteiger partial charge in [0.1, 0.15) is 4.88 Å². The molecular formula is C12H16N4O2S. The van der Waals surface area contributed by atoms with Crippen molar-refractivity contribution in [3.8, 4) is 5.75 Å². The molecule has 0 radical (unpaired) electrons. The minimum Gasteiger partial charge on any atom is -0.493 e. The molecule has 6 nitrogen and oxygen atoms in total. The van der Waals surface area contributed by atoms with E-state index < -0.39 is 0 Å². The van der Waals surface area contributed by atoms with Gasteiger partial charge in [-0.15, -0.1) is 5.10 Å². The molecule has 0 aliphatic rings. The molecule has 0 bridgehead atoms. The number of ketones is 1. The summed E-state index contributed by atoms with van der Waals surface area (Å²) in [5.41, 5.74) is 0.883. The Morgan fingerprint density at radius 3 is 2.68 bits per heavy atom. The lowest BCUT2D eigenvalue weighted by Gasteiger charge is -2.16. The predicted octanol–water partition coefficient (Wildman–Crippen LogP) is 1.81. The molecule has 0 amide bonds. The second-order valence-electron chi connectivity index (χ2n) is 5.21. The van der Waals surface area contributed by atoms with Gasteiger partial charge < -0.3 is 4.74 Å². The smallest absolute Gasteiger partial charge is 0.228 e. The van der Waals surface area contributed by atoms with Crippen molar-refractivity contribution in [1.82, 2.24) is 19.4 Å². The molecule has 2 rings (SSSR count). The van der Waals surface area contributed by atoms with E-state index in [0.29, 0.717) is 22.0 Å². The lowest BCUT2D eigenvalue weighted by atomic mass is 9.90. The van der Waals surface area contributed by atoms with E-state index in [1.54, 1.807) is 7.05 Å². The number of nitrogens with zero attached hydrogens (tertiary/aromatic N) is 4. The molecule has 0 spiro atoms. The number of hydrogen-bond acceptors (Lipinski definition) is 6. The summed E-state index contributed by atoms with van der Waals surface area (Å²) in [6.07, 6.45) is 1.53. The number of ether oxygens (including phenoxy) is 1. The third-order valence-electron chi connectivity index (χ3n) is 2.74. The first kappa shape index (κ1) is 13.7. The molecule has 0 saturated heterocycles. The summed E-state index contributed by atoms with van der Waals surface area (Å²) >= 11 is 1.10. The fraction of sp³-hybridized carbons (Fsp3) is 0.500. The van der Waals surface area contributed by atoms with E-state index in [1.807, 2.05) is 20.8 Å². The van der Waals surface area contributed by atoms with E-state index in [2.05, 4.69) is 14.7 Å². The normalized spacial score (nSPS) is 11.6. The maximum atomic E-state index is 12.6. The number of carbonyl (C=O) groups is 1. The van der Waals surface area contributed by atoms with Gasteiger partial charge in [-0.1, -0.05) is 25.3 Å². The van der Waals surface area contributed by atoms with Crippen LogP contribution in [-0.4, -0.2) is 32.3 Å². The summed E-state index contributed by atoms with van der Waals surface area (Å²) in [6.45, 7) is 6.00. The predicted molar refractivity (Wildman–Crippen MR) is 71.8 cm³/mol. The first-order chi connectivity index (χ1) is 8.86. The molecule has 0 unspecified atom stereocenters. The molecule has 2 aromatic rings. The fourth-order valence-corrected chi connectivity index (χ4v) is 2.58. The van der Waals surface area contributed by atoms with Crippen LogP contribution in [0.25, 0.3) is 0 Å². The van der Waals surface area contributed by atoms with E-state index >= 15 is 0 Å². The molecule has 0 aromatic carbocycles. The quantitative estimate of drug-likeness (QED) is 0.802. The highest BCUT2D eigenvalue weighted by Gasteiger charge is 2.30. The molecule has 2 aromatic heterocycles. The van der Waals surface area contributed by atoms with Crippen LogP contribution in [0.15, 0.2) is 6.20 Å². The Balaban J connectivity index is 2.51. The largest absolute Gasteiger partial charge is 0.493 e. The van der Waals surface area contributed by atoms with Gasteiger partial charge in [-0.3, -0.25) is 9.48 Å². The molecule has 0 aliphatic carbocycles. The van der Waals surface area contributed by atoms with E-state index in [4.69, 9.17) is 4.74 Å². The maximum Gasteiger partial charge on any atom is 0.228 e. The second-order valence-corrected chi connectivity index (χ2v) is 5.97. The van der Waals surface area contributed by atoms with E-state index in [9.17, 15) is 4.79 Å². The van der Waals surface area contributed by atoms with Gasteiger partial charge in [-0.2, -0.15) is 5.10 Å². The number of aryl methyl sites for hydroxylation is 1. The number of hydrogen-bond donors (Lipinski definition) is 0. The van der Waals surface area contributed by atoms with Gasteiger partial charge in [0.2, 0.25) is 5.78 Å². The minimum atomic E-state index is -0.232. The monoisotopic (exact) mass is 280 g/mol. The Morgan fingerprint density at radius 1 is 1.42 bits per heavy atom. The van der Waals surface area contributed by atoms with Crippen molar-refractivity contribution in [3.63, 3.8) is 0 Å².